The van der Waals surface area contributed by atoms with E-state index >= 15 is 0 Å². The topological polar surface area (TPSA) is 113 Å². The van der Waals surface area contributed by atoms with E-state index in [1.165, 1.54) is 30.3 Å². The van der Waals surface area contributed by atoms with E-state index in [9.17, 15) is 13.2 Å². The maximum atomic E-state index is 14.4. The van der Waals surface area contributed by atoms with Gasteiger partial charge in [-0.3, -0.25) is 0 Å². The number of ether oxygens (including phenoxy) is 1. The standard InChI is InChI=1S/C18H11F3N6O2/c19-13-4-9-5-16(17-24-26-27-25-17)28-15(9)6-11(13)8-23-12-1-2-14(29-18(20)21)10(3-12)7-22/h1-6,18,23H,8H2,(H,24,25,26,27). The molecule has 11 heteroatoms. The average molecular weight is 400 g/mol. The van der Waals surface area contributed by atoms with Crippen molar-refractivity contribution in [2.24, 2.45) is 0 Å². The van der Waals surface area contributed by atoms with Crippen LogP contribution in [0.25, 0.3) is 22.6 Å². The van der Waals surface area contributed by atoms with Gasteiger partial charge in [0.25, 0.3) is 0 Å². The third-order valence-corrected chi connectivity index (χ3v) is 4.05. The largest absolute Gasteiger partial charge is 0.453 e. The molecule has 146 valence electrons. The van der Waals surface area contributed by atoms with Gasteiger partial charge in [-0.05, 0) is 41.6 Å². The van der Waals surface area contributed by atoms with Gasteiger partial charge in [0.05, 0.1) is 5.56 Å². The summed E-state index contributed by atoms with van der Waals surface area (Å²) in [4.78, 5) is 0. The number of halogens is 3. The number of alkyl halides is 2. The highest BCUT2D eigenvalue weighted by Crippen LogP contribution is 2.28. The normalized spacial score (nSPS) is 11.0. The van der Waals surface area contributed by atoms with E-state index in [-0.39, 0.29) is 23.7 Å². The lowest BCUT2D eigenvalue weighted by Gasteiger charge is -2.11. The lowest BCUT2D eigenvalue weighted by Crippen LogP contribution is -2.05. The first kappa shape index (κ1) is 18.3. The molecule has 0 spiro atoms. The molecule has 0 bridgehead atoms. The summed E-state index contributed by atoms with van der Waals surface area (Å²) in [5.74, 6) is -0.114. The fourth-order valence-electron chi connectivity index (χ4n) is 2.74. The first-order valence-electron chi connectivity index (χ1n) is 8.22. The molecule has 0 saturated heterocycles. The van der Waals surface area contributed by atoms with Crippen molar-refractivity contribution < 1.29 is 22.3 Å². The van der Waals surface area contributed by atoms with Crippen LogP contribution in [0.3, 0.4) is 0 Å². The summed E-state index contributed by atoms with van der Waals surface area (Å²) >= 11 is 0. The monoisotopic (exact) mass is 400 g/mol. The van der Waals surface area contributed by atoms with E-state index in [0.29, 0.717) is 28.0 Å². The molecule has 0 aliphatic heterocycles. The van der Waals surface area contributed by atoms with E-state index < -0.39 is 12.4 Å². The molecule has 2 heterocycles. The molecule has 4 aromatic rings. The Kier molecular flexibility index (Phi) is 4.74. The van der Waals surface area contributed by atoms with Crippen LogP contribution in [0, 0.1) is 17.1 Å². The fourth-order valence-corrected chi connectivity index (χ4v) is 2.74. The van der Waals surface area contributed by atoms with Crippen molar-refractivity contribution in [1.82, 2.24) is 20.6 Å². The fraction of sp³-hybridized carbons (Fsp3) is 0.111. The Morgan fingerprint density at radius 3 is 2.83 bits per heavy atom. The highest BCUT2D eigenvalue weighted by atomic mass is 19.3. The zero-order valence-electron chi connectivity index (χ0n) is 14.5. The molecule has 0 atom stereocenters. The third kappa shape index (κ3) is 3.81. The number of furan rings is 1. The van der Waals surface area contributed by atoms with Crippen LogP contribution in [0.4, 0.5) is 18.9 Å². The van der Waals surface area contributed by atoms with Crippen LogP contribution in [0.2, 0.25) is 0 Å². The molecule has 4 rings (SSSR count). The first-order valence-corrected chi connectivity index (χ1v) is 8.22. The lowest BCUT2D eigenvalue weighted by atomic mass is 10.1. The first-order chi connectivity index (χ1) is 14.0. The maximum absolute atomic E-state index is 14.4. The number of benzene rings is 2. The molecule has 2 aromatic heterocycles. The number of nitrogens with one attached hydrogen (secondary N) is 2. The predicted molar refractivity (Wildman–Crippen MR) is 94.5 cm³/mol. The number of tetrazole rings is 1. The van der Waals surface area contributed by atoms with E-state index in [1.54, 1.807) is 12.1 Å². The number of hydrogen-bond donors (Lipinski definition) is 2. The maximum Gasteiger partial charge on any atom is 0.387 e. The van der Waals surface area contributed by atoms with E-state index in [2.05, 4.69) is 30.7 Å². The van der Waals surface area contributed by atoms with Gasteiger partial charge in [0, 0.05) is 23.2 Å². The highest BCUT2D eigenvalue weighted by Gasteiger charge is 2.14. The Hall–Kier alpha value is -4.07. The number of rotatable bonds is 6. The van der Waals surface area contributed by atoms with Crippen molar-refractivity contribution in [3.05, 3.63) is 53.3 Å². The SMILES string of the molecule is N#Cc1cc(NCc2cc3oc(-c4nn[nH]n4)cc3cc2F)ccc1OC(F)F. The van der Waals surface area contributed by atoms with E-state index in [1.807, 2.05) is 0 Å². The molecule has 0 aliphatic carbocycles. The molecular formula is C18H11F3N6O2. The number of nitrogens with zero attached hydrogens (tertiary/aromatic N) is 4. The Bertz CT molecular complexity index is 1200. The van der Waals surface area contributed by atoms with Gasteiger partial charge in [0.2, 0.25) is 5.82 Å². The lowest BCUT2D eigenvalue weighted by molar-refractivity contribution is -0.0500. The van der Waals surface area contributed by atoms with Crippen LogP contribution in [-0.4, -0.2) is 27.2 Å². The third-order valence-electron chi connectivity index (χ3n) is 4.05. The summed E-state index contributed by atoms with van der Waals surface area (Å²) < 4.78 is 49.1. The molecule has 0 saturated carbocycles. The van der Waals surface area contributed by atoms with Crippen molar-refractivity contribution in [1.29, 1.82) is 5.26 Å². The van der Waals surface area contributed by atoms with Crippen LogP contribution >= 0.6 is 0 Å². The molecule has 0 aliphatic rings. The molecule has 2 N–H and O–H groups in total. The number of fused-ring (bicyclic) bond motifs is 1. The van der Waals surface area contributed by atoms with Gasteiger partial charge in [-0.1, -0.05) is 0 Å². The second-order valence-corrected chi connectivity index (χ2v) is 5.88. The van der Waals surface area contributed by atoms with Crippen molar-refractivity contribution in [3.8, 4) is 23.4 Å². The zero-order chi connectivity index (χ0) is 20.4. The summed E-state index contributed by atoms with van der Waals surface area (Å²) in [6, 6.07) is 10.3. The van der Waals surface area contributed by atoms with Crippen LogP contribution < -0.4 is 10.1 Å². The molecule has 0 radical (unpaired) electrons. The highest BCUT2D eigenvalue weighted by molar-refractivity contribution is 5.82. The van der Waals surface area contributed by atoms with Gasteiger partial charge >= 0.3 is 6.61 Å². The Balaban J connectivity index is 1.55. The Labute approximate surface area is 160 Å². The van der Waals surface area contributed by atoms with E-state index in [0.717, 1.165) is 0 Å². The average Bonchev–Trinajstić information content (AvgIpc) is 3.36. The van der Waals surface area contributed by atoms with Crippen molar-refractivity contribution in [3.63, 3.8) is 0 Å². The van der Waals surface area contributed by atoms with Gasteiger partial charge in [0.1, 0.15) is 23.2 Å². The smallest absolute Gasteiger partial charge is 0.387 e. The molecule has 29 heavy (non-hydrogen) atoms. The number of aromatic amines is 1. The number of hydrogen-bond acceptors (Lipinski definition) is 7. The minimum atomic E-state index is -3.03. The summed E-state index contributed by atoms with van der Waals surface area (Å²) in [7, 11) is 0. The van der Waals surface area contributed by atoms with Crippen molar-refractivity contribution >= 4 is 16.7 Å². The number of anilines is 1. The van der Waals surface area contributed by atoms with Crippen LogP contribution in [0.1, 0.15) is 11.1 Å². The minimum Gasteiger partial charge on any atom is -0.453 e. The number of H-pyrrole nitrogens is 1. The Morgan fingerprint density at radius 1 is 1.24 bits per heavy atom. The van der Waals surface area contributed by atoms with Crippen LogP contribution in [-0.2, 0) is 6.54 Å². The van der Waals surface area contributed by atoms with Gasteiger partial charge < -0.3 is 14.5 Å². The Morgan fingerprint density at radius 2 is 2.10 bits per heavy atom. The summed E-state index contributed by atoms with van der Waals surface area (Å²) in [5.41, 5.74) is 1.11. The van der Waals surface area contributed by atoms with Gasteiger partial charge in [-0.15, -0.1) is 10.2 Å². The second kappa shape index (κ2) is 7.51. The van der Waals surface area contributed by atoms with Crippen LogP contribution in [0.15, 0.2) is 40.8 Å². The molecule has 0 fully saturated rings. The minimum absolute atomic E-state index is 0.0676. The van der Waals surface area contributed by atoms with Gasteiger partial charge in [-0.25, -0.2) is 4.39 Å². The molecule has 2 aromatic carbocycles. The van der Waals surface area contributed by atoms with Gasteiger partial charge in [-0.2, -0.15) is 19.3 Å². The van der Waals surface area contributed by atoms with Gasteiger partial charge in [0.15, 0.2) is 5.76 Å². The molecule has 0 amide bonds. The summed E-state index contributed by atoms with van der Waals surface area (Å²) in [6.45, 7) is -2.97. The van der Waals surface area contributed by atoms with Crippen molar-refractivity contribution in [2.45, 2.75) is 13.2 Å². The number of nitriles is 1. The van der Waals surface area contributed by atoms with E-state index in [4.69, 9.17) is 9.68 Å². The molecular weight excluding hydrogens is 389 g/mol. The number of aromatic nitrogens is 4. The molecule has 0 unspecified atom stereocenters. The summed E-state index contributed by atoms with van der Waals surface area (Å²) in [5, 5.41) is 26.0. The predicted octanol–water partition coefficient (Wildman–Crippen LogP) is 3.84. The summed E-state index contributed by atoms with van der Waals surface area (Å²) in [6.07, 6.45) is 0. The van der Waals surface area contributed by atoms with Crippen LogP contribution in [0.5, 0.6) is 5.75 Å². The zero-order valence-corrected chi connectivity index (χ0v) is 14.5. The van der Waals surface area contributed by atoms with Crippen molar-refractivity contribution in [2.75, 3.05) is 5.32 Å². The quantitative estimate of drug-likeness (QED) is 0.506. The second-order valence-electron chi connectivity index (χ2n) is 5.88. The molecule has 8 nitrogen and oxygen atoms in total.